The van der Waals surface area contributed by atoms with Crippen LogP contribution in [-0.2, 0) is 6.54 Å². The molecule has 0 radical (unpaired) electrons. The van der Waals surface area contributed by atoms with Gasteiger partial charge in [0.1, 0.15) is 11.7 Å². The van der Waals surface area contributed by atoms with E-state index in [4.69, 9.17) is 11.1 Å². The lowest BCUT2D eigenvalue weighted by molar-refractivity contribution is 0.0145. The highest BCUT2D eigenvalue weighted by Gasteiger charge is 2.32. The molecule has 1 aliphatic rings. The van der Waals surface area contributed by atoms with Gasteiger partial charge in [0.25, 0.3) is 0 Å². The number of halogens is 1. The van der Waals surface area contributed by atoms with Crippen molar-refractivity contribution in [3.8, 4) is 0 Å². The monoisotopic (exact) mass is 279 g/mol. The quantitative estimate of drug-likeness (QED) is 0.569. The van der Waals surface area contributed by atoms with Gasteiger partial charge in [-0.15, -0.1) is 0 Å². The van der Waals surface area contributed by atoms with Gasteiger partial charge >= 0.3 is 0 Å². The third kappa shape index (κ3) is 3.77. The average molecular weight is 279 g/mol. The van der Waals surface area contributed by atoms with Crippen molar-refractivity contribution >= 4 is 5.84 Å². The van der Waals surface area contributed by atoms with E-state index >= 15 is 0 Å². The number of likely N-dealkylation sites (N-methyl/N-ethyl adjacent to an activating group) is 1. The number of nitrogen functional groups attached to an aromatic ring is 1. The normalized spacial score (nSPS) is 17.6. The molecule has 5 heteroatoms. The summed E-state index contributed by atoms with van der Waals surface area (Å²) in [6.45, 7) is 1.11. The summed E-state index contributed by atoms with van der Waals surface area (Å²) in [5.41, 5.74) is 5.95. The molecule has 0 unspecified atom stereocenters. The van der Waals surface area contributed by atoms with Gasteiger partial charge in [0.2, 0.25) is 0 Å². The molecule has 20 heavy (non-hydrogen) atoms. The van der Waals surface area contributed by atoms with Gasteiger partial charge in [-0.1, -0.05) is 12.8 Å². The third-order valence-electron chi connectivity index (χ3n) is 3.82. The highest BCUT2D eigenvalue weighted by molar-refractivity contribution is 5.95. The van der Waals surface area contributed by atoms with Gasteiger partial charge in [-0.2, -0.15) is 0 Å². The Morgan fingerprint density at radius 1 is 1.40 bits per heavy atom. The highest BCUT2D eigenvalue weighted by atomic mass is 19.1. The van der Waals surface area contributed by atoms with E-state index in [0.29, 0.717) is 18.7 Å². The Hall–Kier alpha value is -1.46. The van der Waals surface area contributed by atoms with Gasteiger partial charge < -0.3 is 10.8 Å². The fourth-order valence-corrected chi connectivity index (χ4v) is 2.96. The minimum absolute atomic E-state index is 0.136. The number of rotatable bonds is 5. The smallest absolute Gasteiger partial charge is 0.124 e. The first-order chi connectivity index (χ1) is 9.38. The van der Waals surface area contributed by atoms with Crippen LogP contribution in [0.4, 0.5) is 4.39 Å². The second-order valence-electron chi connectivity index (χ2n) is 5.87. The summed E-state index contributed by atoms with van der Waals surface area (Å²) in [4.78, 5) is 1.99. The summed E-state index contributed by atoms with van der Waals surface area (Å²) in [5, 5.41) is 17.7. The Morgan fingerprint density at radius 2 is 2.05 bits per heavy atom. The van der Waals surface area contributed by atoms with Crippen LogP contribution in [0.5, 0.6) is 0 Å². The summed E-state index contributed by atoms with van der Waals surface area (Å²) < 4.78 is 13.5. The Kier molecular flexibility index (Phi) is 4.40. The first-order valence-electron chi connectivity index (χ1n) is 6.93. The first-order valence-corrected chi connectivity index (χ1v) is 6.93. The molecular weight excluding hydrogens is 257 g/mol. The molecule has 0 atom stereocenters. The van der Waals surface area contributed by atoms with Crippen molar-refractivity contribution in [1.82, 2.24) is 4.90 Å². The number of amidine groups is 1. The van der Waals surface area contributed by atoms with Crippen LogP contribution in [0.1, 0.15) is 36.8 Å². The SMILES string of the molecule is CN(Cc1cc(F)cc(C(=N)N)c1)CC1(O)CCCC1. The van der Waals surface area contributed by atoms with Crippen LogP contribution in [0.25, 0.3) is 0 Å². The minimum atomic E-state index is -0.606. The second kappa shape index (κ2) is 5.89. The zero-order valence-corrected chi connectivity index (χ0v) is 11.8. The molecule has 4 nitrogen and oxygen atoms in total. The number of nitrogens with two attached hydrogens (primary N) is 1. The summed E-state index contributed by atoms with van der Waals surface area (Å²) in [6.07, 6.45) is 3.80. The summed E-state index contributed by atoms with van der Waals surface area (Å²) in [5.74, 6) is -0.525. The van der Waals surface area contributed by atoms with Crippen molar-refractivity contribution in [2.24, 2.45) is 5.73 Å². The van der Waals surface area contributed by atoms with Gasteiger partial charge in [0, 0.05) is 18.7 Å². The molecule has 1 fully saturated rings. The number of hydrogen-bond acceptors (Lipinski definition) is 3. The Labute approximate surface area is 118 Å². The Morgan fingerprint density at radius 3 is 2.65 bits per heavy atom. The molecule has 0 spiro atoms. The van der Waals surface area contributed by atoms with Crippen molar-refractivity contribution in [2.75, 3.05) is 13.6 Å². The van der Waals surface area contributed by atoms with E-state index in [0.717, 1.165) is 31.2 Å². The lowest BCUT2D eigenvalue weighted by atomic mass is 10.0. The molecule has 1 aromatic carbocycles. The Balaban J connectivity index is 2.03. The van der Waals surface area contributed by atoms with E-state index in [1.54, 1.807) is 6.07 Å². The Bertz CT molecular complexity index is 498. The van der Waals surface area contributed by atoms with Crippen LogP contribution in [0.15, 0.2) is 18.2 Å². The minimum Gasteiger partial charge on any atom is -0.389 e. The summed E-state index contributed by atoms with van der Waals surface area (Å²) in [7, 11) is 1.91. The molecule has 0 amide bonds. The molecule has 0 bridgehead atoms. The molecule has 0 heterocycles. The van der Waals surface area contributed by atoms with Crippen LogP contribution in [0, 0.1) is 11.2 Å². The van der Waals surface area contributed by atoms with Crippen LogP contribution in [-0.4, -0.2) is 35.0 Å². The number of aliphatic hydroxyl groups is 1. The van der Waals surface area contributed by atoms with Gasteiger partial charge in [-0.25, -0.2) is 4.39 Å². The lowest BCUT2D eigenvalue weighted by Gasteiger charge is -2.28. The van der Waals surface area contributed by atoms with Gasteiger partial charge in [0.05, 0.1) is 5.60 Å². The van der Waals surface area contributed by atoms with Crippen molar-refractivity contribution in [2.45, 2.75) is 37.8 Å². The largest absolute Gasteiger partial charge is 0.389 e. The molecule has 0 aromatic heterocycles. The molecule has 0 aliphatic heterocycles. The van der Waals surface area contributed by atoms with Crippen LogP contribution >= 0.6 is 0 Å². The zero-order valence-electron chi connectivity index (χ0n) is 11.8. The molecule has 1 aliphatic carbocycles. The predicted octanol–water partition coefficient (Wildman–Crippen LogP) is 1.85. The number of nitrogens with one attached hydrogen (secondary N) is 1. The highest BCUT2D eigenvalue weighted by Crippen LogP contribution is 2.30. The maximum atomic E-state index is 13.5. The number of nitrogens with zero attached hydrogens (tertiary/aromatic N) is 1. The van der Waals surface area contributed by atoms with Gasteiger partial charge in [-0.05, 0) is 43.7 Å². The standard InChI is InChI=1S/C15H22FN3O/c1-19(10-15(20)4-2-3-5-15)9-11-6-12(14(17)18)8-13(16)7-11/h6-8,20H,2-5,9-10H2,1H3,(H3,17,18). The first kappa shape index (κ1) is 14.9. The van der Waals surface area contributed by atoms with Crippen molar-refractivity contribution < 1.29 is 9.50 Å². The molecule has 4 N–H and O–H groups in total. The van der Waals surface area contributed by atoms with E-state index in [1.165, 1.54) is 12.1 Å². The predicted molar refractivity (Wildman–Crippen MR) is 77.2 cm³/mol. The van der Waals surface area contributed by atoms with E-state index in [9.17, 15) is 9.50 Å². The maximum absolute atomic E-state index is 13.5. The lowest BCUT2D eigenvalue weighted by Crippen LogP contribution is -2.38. The van der Waals surface area contributed by atoms with Crippen molar-refractivity contribution in [3.05, 3.63) is 35.1 Å². The van der Waals surface area contributed by atoms with Gasteiger partial charge in [0.15, 0.2) is 0 Å². The number of hydrogen-bond donors (Lipinski definition) is 3. The fourth-order valence-electron chi connectivity index (χ4n) is 2.96. The van der Waals surface area contributed by atoms with E-state index < -0.39 is 5.60 Å². The molecule has 2 rings (SSSR count). The average Bonchev–Trinajstić information content (AvgIpc) is 2.74. The second-order valence-corrected chi connectivity index (χ2v) is 5.87. The third-order valence-corrected chi connectivity index (χ3v) is 3.82. The molecule has 1 aromatic rings. The van der Waals surface area contributed by atoms with E-state index in [1.807, 2.05) is 11.9 Å². The van der Waals surface area contributed by atoms with Crippen molar-refractivity contribution in [3.63, 3.8) is 0 Å². The van der Waals surface area contributed by atoms with Gasteiger partial charge in [-0.3, -0.25) is 10.3 Å². The number of benzene rings is 1. The maximum Gasteiger partial charge on any atom is 0.124 e. The molecular formula is C15H22FN3O. The molecule has 110 valence electrons. The topological polar surface area (TPSA) is 73.3 Å². The summed E-state index contributed by atoms with van der Waals surface area (Å²) >= 11 is 0. The molecule has 1 saturated carbocycles. The van der Waals surface area contributed by atoms with E-state index in [-0.39, 0.29) is 11.7 Å². The zero-order chi connectivity index (χ0) is 14.8. The summed E-state index contributed by atoms with van der Waals surface area (Å²) in [6, 6.07) is 4.43. The van der Waals surface area contributed by atoms with Crippen LogP contribution in [0.3, 0.4) is 0 Å². The van der Waals surface area contributed by atoms with E-state index in [2.05, 4.69) is 0 Å². The van der Waals surface area contributed by atoms with Crippen LogP contribution < -0.4 is 5.73 Å². The van der Waals surface area contributed by atoms with Crippen LogP contribution in [0.2, 0.25) is 0 Å². The van der Waals surface area contributed by atoms with Crippen molar-refractivity contribution in [1.29, 1.82) is 5.41 Å². The fraction of sp³-hybridized carbons (Fsp3) is 0.533. The molecule has 0 saturated heterocycles.